The van der Waals surface area contributed by atoms with Crippen molar-refractivity contribution in [3.05, 3.63) is 17.5 Å². The van der Waals surface area contributed by atoms with Gasteiger partial charge in [0.15, 0.2) is 0 Å². The first-order valence-corrected chi connectivity index (χ1v) is 8.52. The minimum Gasteiger partial charge on any atom is -0.301 e. The van der Waals surface area contributed by atoms with E-state index in [9.17, 15) is 4.39 Å². The summed E-state index contributed by atoms with van der Waals surface area (Å²) in [4.78, 5) is 2.22. The molecule has 0 bridgehead atoms. The third-order valence-electron chi connectivity index (χ3n) is 4.58. The molecular formula is C18H32FN3. The first-order valence-electron chi connectivity index (χ1n) is 8.52. The van der Waals surface area contributed by atoms with E-state index < -0.39 is 0 Å². The SMILES string of the molecule is CC(C)(C)c1cc(C(C)(C)C)n(C2CCN(CCF)CC2)n1. The van der Waals surface area contributed by atoms with Gasteiger partial charge in [0, 0.05) is 36.2 Å². The van der Waals surface area contributed by atoms with Crippen molar-refractivity contribution in [1.29, 1.82) is 0 Å². The van der Waals surface area contributed by atoms with Crippen LogP contribution in [-0.4, -0.2) is 41.0 Å². The molecule has 1 aromatic heterocycles. The van der Waals surface area contributed by atoms with E-state index in [-0.39, 0.29) is 17.5 Å². The van der Waals surface area contributed by atoms with Crippen LogP contribution in [0.15, 0.2) is 6.07 Å². The van der Waals surface area contributed by atoms with E-state index in [1.807, 2.05) is 0 Å². The molecule has 0 N–H and O–H groups in total. The molecule has 0 radical (unpaired) electrons. The summed E-state index contributed by atoms with van der Waals surface area (Å²) >= 11 is 0. The van der Waals surface area contributed by atoms with Crippen LogP contribution in [0.1, 0.15) is 71.8 Å². The van der Waals surface area contributed by atoms with E-state index in [4.69, 9.17) is 5.10 Å². The van der Waals surface area contributed by atoms with Crippen molar-refractivity contribution >= 4 is 0 Å². The Labute approximate surface area is 134 Å². The second-order valence-corrected chi connectivity index (χ2v) is 8.62. The van der Waals surface area contributed by atoms with Gasteiger partial charge in [0.1, 0.15) is 6.67 Å². The highest BCUT2D eigenvalue weighted by Gasteiger charge is 2.30. The van der Waals surface area contributed by atoms with Gasteiger partial charge in [0.2, 0.25) is 0 Å². The van der Waals surface area contributed by atoms with E-state index in [2.05, 4.69) is 57.2 Å². The zero-order valence-corrected chi connectivity index (χ0v) is 15.1. The van der Waals surface area contributed by atoms with Gasteiger partial charge in [-0.2, -0.15) is 5.10 Å². The van der Waals surface area contributed by atoms with Crippen molar-refractivity contribution in [3.63, 3.8) is 0 Å². The number of hydrogen-bond acceptors (Lipinski definition) is 2. The van der Waals surface area contributed by atoms with Crippen LogP contribution in [0.3, 0.4) is 0 Å². The quantitative estimate of drug-likeness (QED) is 0.838. The molecule has 1 saturated heterocycles. The number of hydrogen-bond donors (Lipinski definition) is 0. The maximum absolute atomic E-state index is 12.5. The predicted molar refractivity (Wildman–Crippen MR) is 90.3 cm³/mol. The number of rotatable bonds is 3. The topological polar surface area (TPSA) is 21.1 Å². The van der Waals surface area contributed by atoms with Crippen LogP contribution in [0.25, 0.3) is 0 Å². The molecular weight excluding hydrogens is 277 g/mol. The number of halogens is 1. The fourth-order valence-corrected chi connectivity index (χ4v) is 3.11. The Balaban J connectivity index is 2.25. The highest BCUT2D eigenvalue weighted by molar-refractivity contribution is 5.23. The van der Waals surface area contributed by atoms with Crippen molar-refractivity contribution in [2.24, 2.45) is 0 Å². The first-order chi connectivity index (χ1) is 10.1. The summed E-state index contributed by atoms with van der Waals surface area (Å²) in [6, 6.07) is 2.73. The van der Waals surface area contributed by atoms with Crippen LogP contribution >= 0.6 is 0 Å². The lowest BCUT2D eigenvalue weighted by molar-refractivity contribution is 0.165. The second kappa shape index (κ2) is 6.31. The predicted octanol–water partition coefficient (Wildman–Crippen LogP) is 4.08. The molecule has 0 saturated carbocycles. The van der Waals surface area contributed by atoms with Gasteiger partial charge >= 0.3 is 0 Å². The third-order valence-corrected chi connectivity index (χ3v) is 4.58. The van der Waals surface area contributed by atoms with Gasteiger partial charge in [-0.15, -0.1) is 0 Å². The molecule has 22 heavy (non-hydrogen) atoms. The van der Waals surface area contributed by atoms with Gasteiger partial charge in [-0.25, -0.2) is 4.39 Å². The van der Waals surface area contributed by atoms with E-state index in [0.29, 0.717) is 12.6 Å². The summed E-state index contributed by atoms with van der Waals surface area (Å²) in [5.74, 6) is 0. The Morgan fingerprint density at radius 3 is 2.14 bits per heavy atom. The molecule has 1 aliphatic heterocycles. The van der Waals surface area contributed by atoms with Crippen LogP contribution in [0.5, 0.6) is 0 Å². The Hall–Kier alpha value is -0.900. The fraction of sp³-hybridized carbons (Fsp3) is 0.833. The summed E-state index contributed by atoms with van der Waals surface area (Å²) in [6.07, 6.45) is 2.13. The van der Waals surface area contributed by atoms with Crippen LogP contribution in [-0.2, 0) is 10.8 Å². The van der Waals surface area contributed by atoms with Crippen molar-refractivity contribution in [3.8, 4) is 0 Å². The number of aromatic nitrogens is 2. The van der Waals surface area contributed by atoms with E-state index in [1.54, 1.807) is 0 Å². The lowest BCUT2D eigenvalue weighted by Gasteiger charge is -2.33. The molecule has 1 fully saturated rings. The Bertz CT molecular complexity index is 485. The number of likely N-dealkylation sites (tertiary alicyclic amines) is 1. The van der Waals surface area contributed by atoms with Crippen molar-refractivity contribution in [1.82, 2.24) is 14.7 Å². The fourth-order valence-electron chi connectivity index (χ4n) is 3.11. The van der Waals surface area contributed by atoms with Crippen molar-refractivity contribution < 1.29 is 4.39 Å². The van der Waals surface area contributed by atoms with Gasteiger partial charge in [0.05, 0.1) is 11.7 Å². The molecule has 4 heteroatoms. The number of nitrogens with zero attached hydrogens (tertiary/aromatic N) is 3. The van der Waals surface area contributed by atoms with Crippen LogP contribution in [0.4, 0.5) is 4.39 Å². The standard InChI is InChI=1S/C18H32FN3/c1-17(2,3)15-13-16(18(4,5)6)22(20-15)14-7-10-21(11-8-14)12-9-19/h13-14H,7-12H2,1-6H3. The zero-order valence-electron chi connectivity index (χ0n) is 15.1. The van der Waals surface area contributed by atoms with E-state index in [1.165, 1.54) is 11.4 Å². The van der Waals surface area contributed by atoms with E-state index >= 15 is 0 Å². The molecule has 0 amide bonds. The molecule has 0 atom stereocenters. The second-order valence-electron chi connectivity index (χ2n) is 8.62. The highest BCUT2D eigenvalue weighted by atomic mass is 19.1. The Morgan fingerprint density at radius 1 is 1.09 bits per heavy atom. The molecule has 0 unspecified atom stereocenters. The largest absolute Gasteiger partial charge is 0.301 e. The first kappa shape index (κ1) is 17.5. The lowest BCUT2D eigenvalue weighted by Crippen LogP contribution is -2.37. The molecule has 3 nitrogen and oxygen atoms in total. The third kappa shape index (κ3) is 3.89. The summed E-state index contributed by atoms with van der Waals surface area (Å²) in [5, 5.41) is 4.97. The minimum atomic E-state index is -0.242. The smallest absolute Gasteiger partial charge is 0.102 e. The maximum atomic E-state index is 12.5. The van der Waals surface area contributed by atoms with Gasteiger partial charge < -0.3 is 4.90 Å². The zero-order chi connectivity index (χ0) is 16.5. The van der Waals surface area contributed by atoms with Crippen molar-refractivity contribution in [2.45, 2.75) is 71.3 Å². The summed E-state index contributed by atoms with van der Waals surface area (Å²) < 4.78 is 14.8. The highest BCUT2D eigenvalue weighted by Crippen LogP contribution is 2.33. The van der Waals surface area contributed by atoms with Gasteiger partial charge in [0.25, 0.3) is 0 Å². The molecule has 0 aromatic carbocycles. The Kier molecular flexibility index (Phi) is 5.00. The minimum absolute atomic E-state index is 0.0696. The maximum Gasteiger partial charge on any atom is 0.102 e. The lowest BCUT2D eigenvalue weighted by atomic mass is 9.87. The number of piperidine rings is 1. The summed E-state index contributed by atoms with van der Waals surface area (Å²) in [7, 11) is 0. The summed E-state index contributed by atoms with van der Waals surface area (Å²) in [5.41, 5.74) is 2.65. The average molecular weight is 309 g/mol. The van der Waals surface area contributed by atoms with Gasteiger partial charge in [-0.05, 0) is 18.9 Å². The summed E-state index contributed by atoms with van der Waals surface area (Å²) in [6.45, 7) is 15.7. The van der Waals surface area contributed by atoms with Crippen molar-refractivity contribution in [2.75, 3.05) is 26.3 Å². The normalized spacial score (nSPS) is 18.9. The molecule has 126 valence electrons. The monoisotopic (exact) mass is 309 g/mol. The van der Waals surface area contributed by atoms with E-state index in [0.717, 1.165) is 25.9 Å². The van der Waals surface area contributed by atoms with Crippen LogP contribution in [0, 0.1) is 0 Å². The molecule has 1 aliphatic rings. The van der Waals surface area contributed by atoms with Gasteiger partial charge in [-0.3, -0.25) is 4.68 Å². The molecule has 0 aliphatic carbocycles. The molecule has 1 aromatic rings. The molecule has 2 heterocycles. The molecule has 2 rings (SSSR count). The van der Waals surface area contributed by atoms with Crippen LogP contribution in [0.2, 0.25) is 0 Å². The van der Waals surface area contributed by atoms with Crippen LogP contribution < -0.4 is 0 Å². The Morgan fingerprint density at radius 2 is 1.68 bits per heavy atom. The van der Waals surface area contributed by atoms with Gasteiger partial charge in [-0.1, -0.05) is 41.5 Å². The number of alkyl halides is 1. The average Bonchev–Trinajstić information content (AvgIpc) is 2.85. The molecule has 0 spiro atoms.